The van der Waals surface area contributed by atoms with Crippen molar-refractivity contribution in [2.45, 2.75) is 50.4 Å². The molecular formula is C25H30FN3O3. The first-order valence-electron chi connectivity index (χ1n) is 11.6. The Hall–Kier alpha value is -2.64. The molecule has 2 N–H and O–H groups in total. The number of aryl methyl sites for hydroxylation is 1. The topological polar surface area (TPSA) is 65.0 Å². The van der Waals surface area contributed by atoms with Gasteiger partial charge in [0.15, 0.2) is 0 Å². The smallest absolute Gasteiger partial charge is 0.224 e. The average Bonchev–Trinajstić information content (AvgIpc) is 2.81. The van der Waals surface area contributed by atoms with Crippen molar-refractivity contribution in [3.05, 3.63) is 53.8 Å². The number of fused-ring (bicyclic) bond motifs is 1. The van der Waals surface area contributed by atoms with Crippen LogP contribution in [0, 0.1) is 5.82 Å². The molecule has 6 nitrogen and oxygen atoms in total. The second-order valence-electron chi connectivity index (χ2n) is 9.04. The Bertz CT molecular complexity index is 977. The standard InChI is InChI=1S/C25H30FN3O3/c26-20-3-1-2-4-22(20)28-12-9-18(10-13-28)29-14-11-24(23(30)16-29)32-19-7-5-17-6-8-25(31)27-21(17)15-19/h1-5,7,15,18,23-24,30H,6,8-14,16H2,(H,27,31)/t23-,24-/m1/s1. The highest BCUT2D eigenvalue weighted by Crippen LogP contribution is 2.30. The lowest BCUT2D eigenvalue weighted by atomic mass is 9.97. The number of carbonyl (C=O) groups is 1. The maximum absolute atomic E-state index is 14.1. The molecule has 2 fully saturated rings. The van der Waals surface area contributed by atoms with E-state index in [1.807, 2.05) is 30.3 Å². The SMILES string of the molecule is O=C1CCc2ccc(O[C@@H]3CCN(C4CCN(c5ccccc5F)CC4)C[C@H]3O)cc2N1. The third-order valence-corrected chi connectivity index (χ3v) is 6.99. The lowest BCUT2D eigenvalue weighted by Crippen LogP contribution is -2.54. The molecule has 7 heteroatoms. The third-order valence-electron chi connectivity index (χ3n) is 6.99. The third kappa shape index (κ3) is 4.45. The molecule has 32 heavy (non-hydrogen) atoms. The van der Waals surface area contributed by atoms with Gasteiger partial charge in [-0.25, -0.2) is 4.39 Å². The van der Waals surface area contributed by atoms with E-state index in [9.17, 15) is 14.3 Å². The molecule has 2 atom stereocenters. The Balaban J connectivity index is 1.15. The summed E-state index contributed by atoms with van der Waals surface area (Å²) >= 11 is 0. The molecular weight excluding hydrogens is 409 g/mol. The van der Waals surface area contributed by atoms with Crippen LogP contribution in [0.4, 0.5) is 15.8 Å². The van der Waals surface area contributed by atoms with Crippen molar-refractivity contribution in [3.8, 4) is 5.75 Å². The Kier molecular flexibility index (Phi) is 6.02. The minimum absolute atomic E-state index is 0.0315. The predicted molar refractivity (Wildman–Crippen MR) is 122 cm³/mol. The van der Waals surface area contributed by atoms with Gasteiger partial charge in [0.2, 0.25) is 5.91 Å². The molecule has 0 bridgehead atoms. The van der Waals surface area contributed by atoms with Gasteiger partial charge < -0.3 is 20.1 Å². The van der Waals surface area contributed by atoms with E-state index >= 15 is 0 Å². The number of hydrogen-bond donors (Lipinski definition) is 2. The van der Waals surface area contributed by atoms with Crippen LogP contribution in [0.1, 0.15) is 31.2 Å². The van der Waals surface area contributed by atoms with E-state index in [4.69, 9.17) is 4.74 Å². The number of likely N-dealkylation sites (tertiary alicyclic amines) is 1. The number of anilines is 2. The summed E-state index contributed by atoms with van der Waals surface area (Å²) in [4.78, 5) is 16.1. The number of nitrogens with one attached hydrogen (secondary N) is 1. The summed E-state index contributed by atoms with van der Waals surface area (Å²) in [6.07, 6.45) is 3.09. The van der Waals surface area contributed by atoms with E-state index in [-0.39, 0.29) is 17.8 Å². The van der Waals surface area contributed by atoms with Crippen LogP contribution in [0.15, 0.2) is 42.5 Å². The fourth-order valence-electron chi connectivity index (χ4n) is 5.18. The Morgan fingerprint density at radius 3 is 2.62 bits per heavy atom. The fraction of sp³-hybridized carbons (Fsp3) is 0.480. The zero-order valence-corrected chi connectivity index (χ0v) is 18.2. The molecule has 0 unspecified atom stereocenters. The van der Waals surface area contributed by atoms with Crippen LogP contribution in [0.2, 0.25) is 0 Å². The normalized spacial score (nSPS) is 24.7. The number of carbonyl (C=O) groups excluding carboxylic acids is 1. The van der Waals surface area contributed by atoms with Crippen LogP contribution in [-0.4, -0.2) is 60.3 Å². The van der Waals surface area contributed by atoms with Crippen molar-refractivity contribution in [2.75, 3.05) is 36.4 Å². The largest absolute Gasteiger partial charge is 0.488 e. The van der Waals surface area contributed by atoms with Crippen molar-refractivity contribution < 1.29 is 19.0 Å². The molecule has 3 aliphatic heterocycles. The fourth-order valence-corrected chi connectivity index (χ4v) is 5.18. The van der Waals surface area contributed by atoms with Gasteiger partial charge in [0.1, 0.15) is 23.8 Å². The molecule has 2 aromatic rings. The monoisotopic (exact) mass is 439 g/mol. The summed E-state index contributed by atoms with van der Waals surface area (Å²) in [5, 5.41) is 13.7. The summed E-state index contributed by atoms with van der Waals surface area (Å²) in [5.41, 5.74) is 2.61. The Morgan fingerprint density at radius 1 is 1.03 bits per heavy atom. The van der Waals surface area contributed by atoms with Crippen LogP contribution < -0.4 is 15.0 Å². The molecule has 3 heterocycles. The first-order chi connectivity index (χ1) is 15.6. The van der Waals surface area contributed by atoms with Crippen LogP contribution >= 0.6 is 0 Å². The van der Waals surface area contributed by atoms with Crippen molar-refractivity contribution in [1.82, 2.24) is 4.90 Å². The summed E-state index contributed by atoms with van der Waals surface area (Å²) in [6, 6.07) is 13.1. The van der Waals surface area contributed by atoms with E-state index in [0.29, 0.717) is 30.4 Å². The molecule has 2 aromatic carbocycles. The molecule has 170 valence electrons. The summed E-state index contributed by atoms with van der Waals surface area (Å²) in [6.45, 7) is 3.09. The van der Waals surface area contributed by atoms with E-state index in [0.717, 1.165) is 56.6 Å². The molecule has 2 saturated heterocycles. The van der Waals surface area contributed by atoms with Crippen LogP contribution in [0.3, 0.4) is 0 Å². The first-order valence-corrected chi connectivity index (χ1v) is 11.6. The summed E-state index contributed by atoms with van der Waals surface area (Å²) in [5.74, 6) is 0.548. The molecule has 0 saturated carbocycles. The second kappa shape index (κ2) is 9.08. The van der Waals surface area contributed by atoms with E-state index in [1.54, 1.807) is 6.07 Å². The lowest BCUT2D eigenvalue weighted by molar-refractivity contribution is -0.116. The van der Waals surface area contributed by atoms with Gasteiger partial charge in [0.25, 0.3) is 0 Å². The lowest BCUT2D eigenvalue weighted by Gasteiger charge is -2.43. The average molecular weight is 440 g/mol. The number of β-amino-alcohol motifs (C(OH)–C–C–N with tert-alkyl or cyclic N) is 1. The van der Waals surface area contributed by atoms with Gasteiger partial charge in [0.05, 0.1) is 5.69 Å². The minimum Gasteiger partial charge on any atom is -0.488 e. The number of piperidine rings is 2. The van der Waals surface area contributed by atoms with Gasteiger partial charge >= 0.3 is 0 Å². The molecule has 3 aliphatic rings. The Morgan fingerprint density at radius 2 is 1.84 bits per heavy atom. The van der Waals surface area contributed by atoms with E-state index in [1.165, 1.54) is 6.07 Å². The number of aliphatic hydroxyl groups is 1. The van der Waals surface area contributed by atoms with Gasteiger partial charge in [-0.05, 0) is 49.4 Å². The zero-order valence-electron chi connectivity index (χ0n) is 18.2. The minimum atomic E-state index is -0.570. The molecule has 5 rings (SSSR count). The Labute approximate surface area is 188 Å². The number of amides is 1. The number of benzene rings is 2. The van der Waals surface area contributed by atoms with Crippen molar-refractivity contribution in [2.24, 2.45) is 0 Å². The highest BCUT2D eigenvalue weighted by atomic mass is 19.1. The maximum atomic E-state index is 14.1. The number of aliphatic hydroxyl groups excluding tert-OH is 1. The molecule has 1 amide bonds. The predicted octanol–water partition coefficient (Wildman–Crippen LogP) is 3.19. The number of ether oxygens (including phenoxy) is 1. The van der Waals surface area contributed by atoms with Crippen LogP contribution in [-0.2, 0) is 11.2 Å². The van der Waals surface area contributed by atoms with Gasteiger partial charge in [-0.15, -0.1) is 0 Å². The summed E-state index contributed by atoms with van der Waals surface area (Å²) in [7, 11) is 0. The van der Waals surface area contributed by atoms with Gasteiger partial charge in [-0.2, -0.15) is 0 Å². The highest BCUT2D eigenvalue weighted by molar-refractivity contribution is 5.94. The molecule has 0 aliphatic carbocycles. The number of rotatable bonds is 4. The highest BCUT2D eigenvalue weighted by Gasteiger charge is 2.34. The van der Waals surface area contributed by atoms with E-state index < -0.39 is 6.10 Å². The molecule has 0 spiro atoms. The number of halogens is 1. The zero-order chi connectivity index (χ0) is 22.1. The quantitative estimate of drug-likeness (QED) is 0.766. The first kappa shape index (κ1) is 21.2. The van der Waals surface area contributed by atoms with Crippen molar-refractivity contribution >= 4 is 17.3 Å². The van der Waals surface area contributed by atoms with Crippen LogP contribution in [0.25, 0.3) is 0 Å². The van der Waals surface area contributed by atoms with Crippen LogP contribution in [0.5, 0.6) is 5.75 Å². The number of nitrogens with zero attached hydrogens (tertiary/aromatic N) is 2. The molecule has 0 radical (unpaired) electrons. The summed E-state index contributed by atoms with van der Waals surface area (Å²) < 4.78 is 20.2. The van der Waals surface area contributed by atoms with Gasteiger partial charge in [-0.1, -0.05) is 18.2 Å². The van der Waals surface area contributed by atoms with Crippen molar-refractivity contribution in [3.63, 3.8) is 0 Å². The van der Waals surface area contributed by atoms with Gasteiger partial charge in [0, 0.05) is 50.4 Å². The molecule has 0 aromatic heterocycles. The van der Waals surface area contributed by atoms with Gasteiger partial charge in [-0.3, -0.25) is 9.69 Å². The number of hydrogen-bond acceptors (Lipinski definition) is 5. The number of para-hydroxylation sites is 1. The second-order valence-corrected chi connectivity index (χ2v) is 9.04. The van der Waals surface area contributed by atoms with E-state index in [2.05, 4.69) is 15.1 Å². The maximum Gasteiger partial charge on any atom is 0.224 e. The van der Waals surface area contributed by atoms with Crippen molar-refractivity contribution in [1.29, 1.82) is 0 Å².